The van der Waals surface area contributed by atoms with Crippen LogP contribution in [0.5, 0.6) is 0 Å². The zero-order valence-corrected chi connectivity index (χ0v) is 10.2. The molecule has 0 amide bonds. The third kappa shape index (κ3) is 1.64. The summed E-state index contributed by atoms with van der Waals surface area (Å²) in [5.41, 5.74) is 0.0922. The minimum Gasteiger partial charge on any atom is -0.299 e. The Labute approximate surface area is 99.1 Å². The van der Waals surface area contributed by atoms with Crippen LogP contribution >= 0.6 is 22.6 Å². The molecular weight excluding hydrogens is 310 g/mol. The molecule has 0 aliphatic rings. The number of aromatic nitrogens is 2. The van der Waals surface area contributed by atoms with Gasteiger partial charge in [0.1, 0.15) is 17.0 Å². The molecule has 0 saturated carbocycles. The van der Waals surface area contributed by atoms with Crippen LogP contribution in [0.25, 0.3) is 10.9 Å². The fourth-order valence-corrected chi connectivity index (χ4v) is 2.12. The Bertz CT molecular complexity index is 579. The molecule has 0 fully saturated rings. The average molecular weight is 318 g/mol. The summed E-state index contributed by atoms with van der Waals surface area (Å²) in [6, 6.07) is 4.48. The second-order valence-electron chi connectivity index (χ2n) is 3.16. The molecule has 3 nitrogen and oxygen atoms in total. The van der Waals surface area contributed by atoms with Gasteiger partial charge in [0.2, 0.25) is 0 Å². The summed E-state index contributed by atoms with van der Waals surface area (Å²) in [5.74, 6) is 0.138. The van der Waals surface area contributed by atoms with Gasteiger partial charge in [-0.15, -0.1) is 0 Å². The molecule has 15 heavy (non-hydrogen) atoms. The Morgan fingerprint density at radius 2 is 2.27 bits per heavy atom. The predicted molar refractivity (Wildman–Crippen MR) is 64.7 cm³/mol. The summed E-state index contributed by atoms with van der Waals surface area (Å²) in [6.07, 6.45) is 0. The molecule has 78 valence electrons. The van der Waals surface area contributed by atoms with Crippen LogP contribution in [-0.4, -0.2) is 9.55 Å². The predicted octanol–water partition coefficient (Wildman–Crippen LogP) is 2.01. The van der Waals surface area contributed by atoms with Gasteiger partial charge >= 0.3 is 0 Å². The SMILES string of the molecule is Cn1c(CI)nc2cccc(F)c2c1=O. The molecule has 1 aromatic carbocycles. The third-order valence-corrected chi connectivity index (χ3v) is 2.95. The largest absolute Gasteiger partial charge is 0.299 e. The van der Waals surface area contributed by atoms with E-state index in [-0.39, 0.29) is 10.9 Å². The van der Waals surface area contributed by atoms with Gasteiger partial charge in [-0.25, -0.2) is 9.37 Å². The molecule has 0 aliphatic carbocycles. The number of benzene rings is 1. The molecule has 0 aliphatic heterocycles. The van der Waals surface area contributed by atoms with Gasteiger partial charge in [-0.2, -0.15) is 0 Å². The van der Waals surface area contributed by atoms with Crippen LogP contribution in [0.15, 0.2) is 23.0 Å². The summed E-state index contributed by atoms with van der Waals surface area (Å²) in [4.78, 5) is 16.0. The minimum absolute atomic E-state index is 0.0635. The molecule has 1 aromatic heterocycles. The molecule has 0 atom stereocenters. The van der Waals surface area contributed by atoms with Gasteiger partial charge < -0.3 is 0 Å². The molecule has 0 bridgehead atoms. The molecule has 2 rings (SSSR count). The van der Waals surface area contributed by atoms with Crippen LogP contribution in [0.2, 0.25) is 0 Å². The van der Waals surface area contributed by atoms with E-state index in [2.05, 4.69) is 27.6 Å². The van der Waals surface area contributed by atoms with E-state index >= 15 is 0 Å². The number of hydrogen-bond acceptors (Lipinski definition) is 2. The summed E-state index contributed by atoms with van der Waals surface area (Å²) >= 11 is 2.12. The first-order chi connectivity index (χ1) is 7.15. The second-order valence-corrected chi connectivity index (χ2v) is 3.92. The van der Waals surface area contributed by atoms with Gasteiger partial charge in [0.25, 0.3) is 5.56 Å². The number of nitrogens with zero attached hydrogens (tertiary/aromatic N) is 2. The molecule has 0 N–H and O–H groups in total. The molecule has 0 unspecified atom stereocenters. The lowest BCUT2D eigenvalue weighted by Gasteiger charge is -2.06. The Balaban J connectivity index is 2.98. The lowest BCUT2D eigenvalue weighted by molar-refractivity contribution is 0.635. The van der Waals surface area contributed by atoms with Gasteiger partial charge in [-0.3, -0.25) is 9.36 Å². The van der Waals surface area contributed by atoms with Gasteiger partial charge in [-0.1, -0.05) is 28.7 Å². The maximum atomic E-state index is 13.4. The number of fused-ring (bicyclic) bond motifs is 1. The van der Waals surface area contributed by atoms with Crippen molar-refractivity contribution in [2.75, 3.05) is 0 Å². The Hall–Kier alpha value is -0.980. The highest BCUT2D eigenvalue weighted by Crippen LogP contribution is 2.12. The van der Waals surface area contributed by atoms with Crippen molar-refractivity contribution in [3.8, 4) is 0 Å². The molecule has 5 heteroatoms. The topological polar surface area (TPSA) is 34.9 Å². The number of rotatable bonds is 1. The maximum Gasteiger partial charge on any atom is 0.264 e. The summed E-state index contributed by atoms with van der Waals surface area (Å²) in [6.45, 7) is 0. The van der Waals surface area contributed by atoms with Gasteiger partial charge in [0, 0.05) is 7.05 Å². The maximum absolute atomic E-state index is 13.4. The Morgan fingerprint density at radius 1 is 1.53 bits per heavy atom. The highest BCUT2D eigenvalue weighted by molar-refractivity contribution is 14.1. The van der Waals surface area contributed by atoms with E-state index in [1.165, 1.54) is 10.6 Å². The molecule has 0 radical (unpaired) electrons. The monoisotopic (exact) mass is 318 g/mol. The molecule has 2 aromatic rings. The van der Waals surface area contributed by atoms with Crippen molar-refractivity contribution in [1.29, 1.82) is 0 Å². The number of halogens is 2. The van der Waals surface area contributed by atoms with Crippen molar-refractivity contribution in [2.24, 2.45) is 7.05 Å². The van der Waals surface area contributed by atoms with Crippen LogP contribution in [0, 0.1) is 5.82 Å². The molecule has 1 heterocycles. The highest BCUT2D eigenvalue weighted by Gasteiger charge is 2.10. The lowest BCUT2D eigenvalue weighted by atomic mass is 10.2. The van der Waals surface area contributed by atoms with Crippen LogP contribution in [-0.2, 0) is 11.5 Å². The van der Waals surface area contributed by atoms with E-state index in [4.69, 9.17) is 0 Å². The van der Waals surface area contributed by atoms with E-state index in [1.807, 2.05) is 0 Å². The molecule has 0 spiro atoms. The number of hydrogen-bond donors (Lipinski definition) is 0. The van der Waals surface area contributed by atoms with E-state index in [9.17, 15) is 9.18 Å². The van der Waals surface area contributed by atoms with Gasteiger partial charge in [-0.05, 0) is 12.1 Å². The van der Waals surface area contributed by atoms with Crippen molar-refractivity contribution in [1.82, 2.24) is 9.55 Å². The highest BCUT2D eigenvalue weighted by atomic mass is 127. The van der Waals surface area contributed by atoms with Gasteiger partial charge in [0.15, 0.2) is 0 Å². The first-order valence-electron chi connectivity index (χ1n) is 4.35. The van der Waals surface area contributed by atoms with Crippen molar-refractivity contribution in [3.63, 3.8) is 0 Å². The summed E-state index contributed by atoms with van der Waals surface area (Å²) < 4.78 is 15.4. The van der Waals surface area contributed by atoms with Crippen LogP contribution in [0.1, 0.15) is 5.82 Å². The fraction of sp³-hybridized carbons (Fsp3) is 0.200. The quantitative estimate of drug-likeness (QED) is 0.595. The van der Waals surface area contributed by atoms with Crippen LogP contribution < -0.4 is 5.56 Å². The first-order valence-corrected chi connectivity index (χ1v) is 5.88. The average Bonchev–Trinajstić information content (AvgIpc) is 2.23. The zero-order valence-electron chi connectivity index (χ0n) is 8.00. The fourth-order valence-electron chi connectivity index (χ4n) is 1.44. The van der Waals surface area contributed by atoms with E-state index in [1.54, 1.807) is 19.2 Å². The Morgan fingerprint density at radius 3 is 2.93 bits per heavy atom. The lowest BCUT2D eigenvalue weighted by Crippen LogP contribution is -2.22. The molecule has 0 saturated heterocycles. The molecular formula is C10H8FIN2O. The second kappa shape index (κ2) is 3.88. The Kier molecular flexibility index (Phi) is 2.72. The van der Waals surface area contributed by atoms with Crippen molar-refractivity contribution in [2.45, 2.75) is 4.43 Å². The standard InChI is InChI=1S/C10H8FIN2O/c1-14-8(5-12)13-7-4-2-3-6(11)9(7)10(14)15/h2-4H,5H2,1H3. The normalized spacial score (nSPS) is 10.9. The van der Waals surface area contributed by atoms with Crippen molar-refractivity contribution in [3.05, 3.63) is 40.2 Å². The number of alkyl halides is 1. The van der Waals surface area contributed by atoms with Crippen LogP contribution in [0.4, 0.5) is 4.39 Å². The first kappa shape index (κ1) is 10.5. The summed E-state index contributed by atoms with van der Waals surface area (Å²) in [7, 11) is 1.61. The summed E-state index contributed by atoms with van der Waals surface area (Å²) in [5, 5.41) is 0.0635. The van der Waals surface area contributed by atoms with E-state index < -0.39 is 5.82 Å². The zero-order chi connectivity index (χ0) is 11.0. The van der Waals surface area contributed by atoms with Crippen molar-refractivity contribution < 1.29 is 4.39 Å². The third-order valence-electron chi connectivity index (χ3n) is 2.27. The van der Waals surface area contributed by atoms with E-state index in [0.717, 1.165) is 0 Å². The minimum atomic E-state index is -0.513. The van der Waals surface area contributed by atoms with Crippen LogP contribution in [0.3, 0.4) is 0 Å². The smallest absolute Gasteiger partial charge is 0.264 e. The van der Waals surface area contributed by atoms with E-state index in [0.29, 0.717) is 15.8 Å². The van der Waals surface area contributed by atoms with Crippen molar-refractivity contribution >= 4 is 33.5 Å². The van der Waals surface area contributed by atoms with Gasteiger partial charge in [0.05, 0.1) is 9.94 Å².